The summed E-state index contributed by atoms with van der Waals surface area (Å²) in [4.78, 5) is 37.6. The van der Waals surface area contributed by atoms with E-state index in [1.807, 2.05) is 13.0 Å². The largest absolute Gasteiger partial charge is 0.457 e. The van der Waals surface area contributed by atoms with Gasteiger partial charge in [0.15, 0.2) is 12.4 Å². The quantitative estimate of drug-likeness (QED) is 0.630. The van der Waals surface area contributed by atoms with Crippen LogP contribution >= 0.6 is 0 Å². The van der Waals surface area contributed by atoms with Gasteiger partial charge in [0.05, 0.1) is 12.0 Å². The van der Waals surface area contributed by atoms with Crippen LogP contribution in [0.5, 0.6) is 0 Å². The van der Waals surface area contributed by atoms with E-state index in [1.54, 1.807) is 12.2 Å². The fraction of sp³-hybridized carbons (Fsp3) is 0.741. The van der Waals surface area contributed by atoms with Gasteiger partial charge in [0.2, 0.25) is 5.78 Å². The number of fused-ring (bicyclic) bond motifs is 5. The van der Waals surface area contributed by atoms with E-state index in [9.17, 15) is 24.6 Å². The van der Waals surface area contributed by atoms with E-state index in [0.29, 0.717) is 19.3 Å². The summed E-state index contributed by atoms with van der Waals surface area (Å²) in [6.07, 6.45) is 11.2. The average Bonchev–Trinajstić information content (AvgIpc) is 3.39. The van der Waals surface area contributed by atoms with Crippen LogP contribution in [0, 0.1) is 34.5 Å². The summed E-state index contributed by atoms with van der Waals surface area (Å²) < 4.78 is 5.36. The minimum Gasteiger partial charge on any atom is -0.457 e. The molecular formula is C27H36O6. The molecule has 180 valence electrons. The molecule has 0 aromatic rings. The topological polar surface area (TPSA) is 101 Å². The molecule has 0 aromatic heterocycles. The number of carbonyl (C=O) groups is 3. The number of carbonyl (C=O) groups excluding carboxylic acids is 3. The van der Waals surface area contributed by atoms with E-state index in [-0.39, 0.29) is 40.8 Å². The summed E-state index contributed by atoms with van der Waals surface area (Å²) in [6, 6.07) is 0. The molecule has 0 radical (unpaired) electrons. The number of hydrogen-bond donors (Lipinski definition) is 2. The van der Waals surface area contributed by atoms with Crippen molar-refractivity contribution in [2.75, 3.05) is 6.61 Å². The molecular weight excluding hydrogens is 420 g/mol. The van der Waals surface area contributed by atoms with Gasteiger partial charge in [-0.25, -0.2) is 0 Å². The van der Waals surface area contributed by atoms with Crippen molar-refractivity contribution in [3.8, 4) is 0 Å². The van der Waals surface area contributed by atoms with E-state index in [4.69, 9.17) is 4.74 Å². The van der Waals surface area contributed by atoms with Crippen LogP contribution < -0.4 is 0 Å². The highest BCUT2D eigenvalue weighted by molar-refractivity contribution is 6.01. The highest BCUT2D eigenvalue weighted by Crippen LogP contribution is 2.67. The van der Waals surface area contributed by atoms with Crippen molar-refractivity contribution >= 4 is 17.5 Å². The van der Waals surface area contributed by atoms with Crippen molar-refractivity contribution in [1.82, 2.24) is 0 Å². The molecule has 5 rings (SSSR count). The van der Waals surface area contributed by atoms with Gasteiger partial charge >= 0.3 is 5.97 Å². The lowest BCUT2D eigenvalue weighted by Crippen LogP contribution is -2.61. The summed E-state index contributed by atoms with van der Waals surface area (Å²) in [5.74, 6) is -0.684. The lowest BCUT2D eigenvalue weighted by Gasteiger charge is -2.59. The third-order valence-electron chi connectivity index (χ3n) is 10.1. The highest BCUT2D eigenvalue weighted by atomic mass is 16.5. The third kappa shape index (κ3) is 3.31. The Morgan fingerprint density at radius 1 is 1.15 bits per heavy atom. The van der Waals surface area contributed by atoms with Crippen LogP contribution in [0.4, 0.5) is 0 Å². The minimum absolute atomic E-state index is 0.00375. The van der Waals surface area contributed by atoms with Gasteiger partial charge in [-0.3, -0.25) is 14.4 Å². The normalized spacial score (nSPS) is 44.6. The molecule has 5 aliphatic carbocycles. The van der Waals surface area contributed by atoms with Gasteiger partial charge in [0.1, 0.15) is 5.60 Å². The molecule has 7 atom stereocenters. The maximum atomic E-state index is 13.3. The van der Waals surface area contributed by atoms with E-state index in [1.165, 1.54) is 0 Å². The molecule has 6 nitrogen and oxygen atoms in total. The number of ether oxygens (including phenoxy) is 1. The Morgan fingerprint density at radius 2 is 1.88 bits per heavy atom. The molecule has 0 saturated heterocycles. The van der Waals surface area contributed by atoms with Gasteiger partial charge in [0.25, 0.3) is 0 Å². The zero-order chi connectivity index (χ0) is 23.6. The molecule has 2 N–H and O–H groups in total. The SMILES string of the molecule is CC12C=CC(=O)C=C1CCC1C2C(O)CC2(C)C1CCC2(O)C(=O)COC(=O)C1CCCC1. The number of aliphatic hydroxyl groups is 2. The molecule has 0 heterocycles. The molecule has 0 amide bonds. The second kappa shape index (κ2) is 7.88. The molecule has 4 saturated carbocycles. The summed E-state index contributed by atoms with van der Waals surface area (Å²) in [5, 5.41) is 23.1. The van der Waals surface area contributed by atoms with Crippen LogP contribution in [0.3, 0.4) is 0 Å². The molecule has 33 heavy (non-hydrogen) atoms. The fourth-order valence-corrected chi connectivity index (χ4v) is 8.32. The highest BCUT2D eigenvalue weighted by Gasteiger charge is 2.68. The summed E-state index contributed by atoms with van der Waals surface area (Å²) in [7, 11) is 0. The lowest BCUT2D eigenvalue weighted by molar-refractivity contribution is -0.181. The number of Topliss-reactive ketones (excluding diaryl/α,β-unsaturated/α-hetero) is 1. The Hall–Kier alpha value is -1.79. The predicted molar refractivity (Wildman–Crippen MR) is 121 cm³/mol. The maximum absolute atomic E-state index is 13.3. The molecule has 5 aliphatic rings. The second-order valence-electron chi connectivity index (χ2n) is 11.6. The van der Waals surface area contributed by atoms with E-state index >= 15 is 0 Å². The van der Waals surface area contributed by atoms with Crippen LogP contribution in [0.15, 0.2) is 23.8 Å². The van der Waals surface area contributed by atoms with Crippen molar-refractivity contribution in [3.05, 3.63) is 23.8 Å². The maximum Gasteiger partial charge on any atom is 0.309 e. The van der Waals surface area contributed by atoms with Crippen molar-refractivity contribution in [2.24, 2.45) is 34.5 Å². The first kappa shape index (κ1) is 23.0. The van der Waals surface area contributed by atoms with Crippen LogP contribution in [0.25, 0.3) is 0 Å². The molecule has 0 bridgehead atoms. The van der Waals surface area contributed by atoms with Gasteiger partial charge in [-0.15, -0.1) is 0 Å². The Labute approximate surface area is 195 Å². The zero-order valence-electron chi connectivity index (χ0n) is 19.7. The van der Waals surface area contributed by atoms with Gasteiger partial charge in [-0.05, 0) is 68.9 Å². The Balaban J connectivity index is 1.36. The van der Waals surface area contributed by atoms with Crippen molar-refractivity contribution in [1.29, 1.82) is 0 Å². The van der Waals surface area contributed by atoms with Crippen LogP contribution in [-0.2, 0) is 19.1 Å². The second-order valence-corrected chi connectivity index (χ2v) is 11.6. The summed E-state index contributed by atoms with van der Waals surface area (Å²) in [5.41, 5.74) is -1.66. The average molecular weight is 457 g/mol. The molecule has 6 heteroatoms. The van der Waals surface area contributed by atoms with Crippen molar-refractivity contribution in [3.63, 3.8) is 0 Å². The van der Waals surface area contributed by atoms with E-state index in [0.717, 1.165) is 44.1 Å². The monoisotopic (exact) mass is 456 g/mol. The Kier molecular flexibility index (Phi) is 5.48. The minimum atomic E-state index is -1.60. The molecule has 4 fully saturated rings. The number of allylic oxidation sites excluding steroid dienone is 4. The van der Waals surface area contributed by atoms with Crippen molar-refractivity contribution < 1.29 is 29.3 Å². The van der Waals surface area contributed by atoms with E-state index in [2.05, 4.69) is 6.92 Å². The molecule has 7 unspecified atom stereocenters. The van der Waals surface area contributed by atoms with Gasteiger partial charge in [-0.2, -0.15) is 0 Å². The first-order valence-corrected chi connectivity index (χ1v) is 12.6. The number of rotatable bonds is 4. The number of aliphatic hydroxyl groups excluding tert-OH is 1. The first-order chi connectivity index (χ1) is 15.6. The Morgan fingerprint density at radius 3 is 2.61 bits per heavy atom. The number of ketones is 2. The van der Waals surface area contributed by atoms with Gasteiger partial charge in [0, 0.05) is 16.7 Å². The van der Waals surface area contributed by atoms with Crippen LogP contribution in [-0.4, -0.2) is 46.1 Å². The molecule has 0 aliphatic heterocycles. The zero-order valence-corrected chi connectivity index (χ0v) is 19.7. The predicted octanol–water partition coefficient (Wildman–Crippen LogP) is 3.30. The number of esters is 1. The standard InChI is InChI=1S/C27H36O6/c1-25-11-9-18(28)13-17(25)7-8-19-20-10-12-27(32,26(20,2)14-21(29)23(19)25)22(30)15-33-24(31)16-5-3-4-6-16/h9,11,13,16,19-21,23,29,32H,3-8,10,12,14-15H2,1-2H3. The summed E-state index contributed by atoms with van der Waals surface area (Å²) in [6.45, 7) is 3.65. The van der Waals surface area contributed by atoms with Crippen molar-refractivity contribution in [2.45, 2.75) is 83.3 Å². The fourth-order valence-electron chi connectivity index (χ4n) is 8.32. The van der Waals surface area contributed by atoms with E-state index < -0.39 is 29.5 Å². The van der Waals surface area contributed by atoms with Gasteiger partial charge in [-0.1, -0.05) is 38.3 Å². The van der Waals surface area contributed by atoms with Gasteiger partial charge < -0.3 is 14.9 Å². The molecule has 0 spiro atoms. The smallest absolute Gasteiger partial charge is 0.309 e. The molecule has 0 aromatic carbocycles. The first-order valence-electron chi connectivity index (χ1n) is 12.6. The Bertz CT molecular complexity index is 929. The number of hydrogen-bond acceptors (Lipinski definition) is 6. The summed E-state index contributed by atoms with van der Waals surface area (Å²) >= 11 is 0. The lowest BCUT2D eigenvalue weighted by atomic mass is 9.46. The van der Waals surface area contributed by atoms with Crippen LogP contribution in [0.1, 0.15) is 71.6 Å². The third-order valence-corrected chi connectivity index (χ3v) is 10.1. The van der Waals surface area contributed by atoms with Crippen LogP contribution in [0.2, 0.25) is 0 Å².